The molecule has 1 aromatic heterocycles. The molecule has 1 fully saturated rings. The van der Waals surface area contributed by atoms with Crippen LogP contribution in [-0.4, -0.2) is 51.2 Å². The van der Waals surface area contributed by atoms with Crippen molar-refractivity contribution in [3.05, 3.63) is 41.3 Å². The summed E-state index contributed by atoms with van der Waals surface area (Å²) < 4.78 is 39.0. The largest absolute Gasteiger partial charge is 0.378 e. The van der Waals surface area contributed by atoms with Crippen molar-refractivity contribution >= 4 is 15.7 Å². The van der Waals surface area contributed by atoms with E-state index in [4.69, 9.17) is 9.26 Å². The Hall–Kier alpha value is -1.90. The molecular weight excluding hydrogens is 366 g/mol. The summed E-state index contributed by atoms with van der Waals surface area (Å²) in [6, 6.07) is 7.89. The molecule has 2 heterocycles. The SMILES string of the molecule is Cc1noc(C)c1S(=O)(=O)N(Cc1ccc(N(C)C)cc1)C[C@H]1CCCO1. The maximum atomic E-state index is 13.4. The van der Waals surface area contributed by atoms with Crippen LogP contribution in [0.2, 0.25) is 0 Å². The average molecular weight is 394 g/mol. The molecule has 0 bridgehead atoms. The second-order valence-electron chi connectivity index (χ2n) is 7.15. The number of anilines is 1. The summed E-state index contributed by atoms with van der Waals surface area (Å²) in [5.74, 6) is 0.313. The fourth-order valence-electron chi connectivity index (χ4n) is 3.34. The molecule has 0 amide bonds. The lowest BCUT2D eigenvalue weighted by molar-refractivity contribution is 0.0925. The van der Waals surface area contributed by atoms with Gasteiger partial charge >= 0.3 is 0 Å². The molecule has 7 nitrogen and oxygen atoms in total. The molecule has 1 aliphatic heterocycles. The highest BCUT2D eigenvalue weighted by atomic mass is 32.2. The zero-order valence-corrected chi connectivity index (χ0v) is 17.1. The Morgan fingerprint density at radius 3 is 2.41 bits per heavy atom. The fraction of sp³-hybridized carbons (Fsp3) is 0.526. The number of nitrogens with zero attached hydrogens (tertiary/aromatic N) is 3. The third-order valence-electron chi connectivity index (χ3n) is 4.81. The van der Waals surface area contributed by atoms with Crippen molar-refractivity contribution < 1.29 is 17.7 Å². The quantitative estimate of drug-likeness (QED) is 0.720. The second-order valence-corrected chi connectivity index (χ2v) is 9.02. The second kappa shape index (κ2) is 8.00. The highest BCUT2D eigenvalue weighted by Crippen LogP contribution is 2.27. The van der Waals surface area contributed by atoms with Gasteiger partial charge in [0.1, 0.15) is 10.6 Å². The molecule has 148 valence electrons. The molecule has 1 aromatic carbocycles. The fourth-order valence-corrected chi connectivity index (χ4v) is 5.09. The van der Waals surface area contributed by atoms with Gasteiger partial charge in [-0.15, -0.1) is 0 Å². The first-order valence-corrected chi connectivity index (χ1v) is 10.5. The topological polar surface area (TPSA) is 75.9 Å². The molecule has 1 atom stereocenters. The van der Waals surface area contributed by atoms with E-state index in [0.29, 0.717) is 24.6 Å². The molecule has 8 heteroatoms. The van der Waals surface area contributed by atoms with Crippen molar-refractivity contribution in [3.8, 4) is 0 Å². The monoisotopic (exact) mass is 393 g/mol. The zero-order chi connectivity index (χ0) is 19.6. The minimum atomic E-state index is -3.74. The number of ether oxygens (including phenoxy) is 1. The lowest BCUT2D eigenvalue weighted by Crippen LogP contribution is -2.37. The van der Waals surface area contributed by atoms with Gasteiger partial charge in [-0.3, -0.25) is 0 Å². The molecule has 1 saturated heterocycles. The van der Waals surface area contributed by atoms with Crippen LogP contribution in [0.15, 0.2) is 33.7 Å². The van der Waals surface area contributed by atoms with Crippen LogP contribution in [0.1, 0.15) is 29.9 Å². The van der Waals surface area contributed by atoms with Crippen LogP contribution in [0.25, 0.3) is 0 Å². The zero-order valence-electron chi connectivity index (χ0n) is 16.3. The Bertz CT molecular complexity index is 849. The van der Waals surface area contributed by atoms with E-state index in [1.807, 2.05) is 43.3 Å². The van der Waals surface area contributed by atoms with E-state index >= 15 is 0 Å². The molecular formula is C19H27N3O4S. The lowest BCUT2D eigenvalue weighted by atomic mass is 10.2. The van der Waals surface area contributed by atoms with Gasteiger partial charge in [0.25, 0.3) is 0 Å². The molecule has 0 saturated carbocycles. The van der Waals surface area contributed by atoms with Crippen LogP contribution >= 0.6 is 0 Å². The average Bonchev–Trinajstić information content (AvgIpc) is 3.24. The summed E-state index contributed by atoms with van der Waals surface area (Å²) in [5.41, 5.74) is 2.37. The van der Waals surface area contributed by atoms with Crippen LogP contribution in [0, 0.1) is 13.8 Å². The van der Waals surface area contributed by atoms with Crippen LogP contribution < -0.4 is 4.90 Å². The molecule has 2 aromatic rings. The molecule has 0 unspecified atom stereocenters. The molecule has 0 radical (unpaired) electrons. The predicted molar refractivity (Wildman–Crippen MR) is 103 cm³/mol. The van der Waals surface area contributed by atoms with Gasteiger partial charge in [-0.2, -0.15) is 4.31 Å². The summed E-state index contributed by atoms with van der Waals surface area (Å²) >= 11 is 0. The minimum absolute atomic E-state index is 0.0821. The van der Waals surface area contributed by atoms with Gasteiger partial charge in [0.15, 0.2) is 5.76 Å². The number of hydrogen-bond acceptors (Lipinski definition) is 6. The number of sulfonamides is 1. The molecule has 3 rings (SSSR count). The van der Waals surface area contributed by atoms with E-state index < -0.39 is 10.0 Å². The smallest absolute Gasteiger partial charge is 0.248 e. The standard InChI is InChI=1S/C19H27N3O4S/c1-14-19(15(2)26-20-14)27(23,24)22(13-18-6-5-11-25-18)12-16-7-9-17(10-8-16)21(3)4/h7-10,18H,5-6,11-13H2,1-4H3/t18-/m1/s1. The van der Waals surface area contributed by atoms with Crippen molar-refractivity contribution in [3.63, 3.8) is 0 Å². The summed E-state index contributed by atoms with van der Waals surface area (Å²) in [6.45, 7) is 4.56. The van der Waals surface area contributed by atoms with E-state index in [1.54, 1.807) is 13.8 Å². The number of hydrogen-bond donors (Lipinski definition) is 0. The number of rotatable bonds is 7. The van der Waals surface area contributed by atoms with E-state index in [-0.39, 0.29) is 17.5 Å². The molecule has 0 aliphatic carbocycles. The summed E-state index contributed by atoms with van der Waals surface area (Å²) in [4.78, 5) is 2.17. The van der Waals surface area contributed by atoms with Gasteiger partial charge in [-0.1, -0.05) is 17.3 Å². The van der Waals surface area contributed by atoms with E-state index in [9.17, 15) is 8.42 Å². The van der Waals surface area contributed by atoms with Crippen LogP contribution in [-0.2, 0) is 21.3 Å². The van der Waals surface area contributed by atoms with Crippen molar-refractivity contribution in [2.45, 2.75) is 44.2 Å². The van der Waals surface area contributed by atoms with Gasteiger partial charge in [0, 0.05) is 39.5 Å². The van der Waals surface area contributed by atoms with Crippen LogP contribution in [0.4, 0.5) is 5.69 Å². The van der Waals surface area contributed by atoms with Crippen molar-refractivity contribution in [1.82, 2.24) is 9.46 Å². The first-order valence-electron chi connectivity index (χ1n) is 9.10. The van der Waals surface area contributed by atoms with Gasteiger partial charge in [-0.05, 0) is 44.4 Å². The van der Waals surface area contributed by atoms with E-state index in [2.05, 4.69) is 5.16 Å². The third kappa shape index (κ3) is 4.34. The maximum Gasteiger partial charge on any atom is 0.248 e. The number of aryl methyl sites for hydroxylation is 2. The Kier molecular flexibility index (Phi) is 5.88. The normalized spacial score (nSPS) is 17.6. The predicted octanol–water partition coefficient (Wildman–Crippen LogP) is 2.73. The Balaban J connectivity index is 1.90. The van der Waals surface area contributed by atoms with Crippen molar-refractivity contribution in [2.75, 3.05) is 32.1 Å². The first-order chi connectivity index (χ1) is 12.8. The molecule has 0 spiro atoms. The van der Waals surface area contributed by atoms with Crippen LogP contribution in [0.5, 0.6) is 0 Å². The van der Waals surface area contributed by atoms with Crippen molar-refractivity contribution in [2.24, 2.45) is 0 Å². The Labute approximate surface area is 160 Å². The summed E-state index contributed by atoms with van der Waals surface area (Å²) in [5, 5.41) is 3.82. The first kappa shape index (κ1) is 19.9. The van der Waals surface area contributed by atoms with Gasteiger partial charge < -0.3 is 14.2 Å². The highest BCUT2D eigenvalue weighted by Gasteiger charge is 2.33. The van der Waals surface area contributed by atoms with Gasteiger partial charge in [-0.25, -0.2) is 8.42 Å². The molecule has 27 heavy (non-hydrogen) atoms. The molecule has 1 aliphatic rings. The Morgan fingerprint density at radius 2 is 1.89 bits per heavy atom. The van der Waals surface area contributed by atoms with Gasteiger partial charge in [0.2, 0.25) is 10.0 Å². The number of aromatic nitrogens is 1. The maximum absolute atomic E-state index is 13.4. The highest BCUT2D eigenvalue weighted by molar-refractivity contribution is 7.89. The third-order valence-corrected chi connectivity index (χ3v) is 6.87. The van der Waals surface area contributed by atoms with Crippen molar-refractivity contribution in [1.29, 1.82) is 0 Å². The number of benzene rings is 1. The Morgan fingerprint density at radius 1 is 1.19 bits per heavy atom. The van der Waals surface area contributed by atoms with E-state index in [1.165, 1.54) is 4.31 Å². The van der Waals surface area contributed by atoms with Crippen LogP contribution in [0.3, 0.4) is 0 Å². The minimum Gasteiger partial charge on any atom is -0.378 e. The van der Waals surface area contributed by atoms with Gasteiger partial charge in [0.05, 0.1) is 6.10 Å². The molecule has 0 N–H and O–H groups in total. The lowest BCUT2D eigenvalue weighted by Gasteiger charge is -2.25. The van der Waals surface area contributed by atoms with E-state index in [0.717, 1.165) is 24.1 Å². The summed E-state index contributed by atoms with van der Waals surface area (Å²) in [6.07, 6.45) is 1.75. The summed E-state index contributed by atoms with van der Waals surface area (Å²) in [7, 11) is 0.201.